The van der Waals surface area contributed by atoms with Gasteiger partial charge in [-0.3, -0.25) is 0 Å². The van der Waals surface area contributed by atoms with Gasteiger partial charge in [0.05, 0.1) is 7.11 Å². The second-order valence-corrected chi connectivity index (χ2v) is 5.51. The van der Waals surface area contributed by atoms with Crippen molar-refractivity contribution >= 4 is 0 Å². The lowest BCUT2D eigenvalue weighted by Gasteiger charge is -2.13. The Morgan fingerprint density at radius 3 is 2.43 bits per heavy atom. The highest BCUT2D eigenvalue weighted by atomic mass is 16.5. The number of methoxy groups -OCH3 is 1. The molecule has 0 atom stereocenters. The average Bonchev–Trinajstić information content (AvgIpc) is 2.49. The highest BCUT2D eigenvalue weighted by molar-refractivity contribution is 5.71. The molecule has 2 aromatic carbocycles. The summed E-state index contributed by atoms with van der Waals surface area (Å²) < 4.78 is 5.30. The summed E-state index contributed by atoms with van der Waals surface area (Å²) in [5.41, 5.74) is 6.48. The van der Waals surface area contributed by atoms with Crippen molar-refractivity contribution in [1.82, 2.24) is 5.32 Å². The van der Waals surface area contributed by atoms with Gasteiger partial charge in [0.15, 0.2) is 0 Å². The summed E-state index contributed by atoms with van der Waals surface area (Å²) in [6, 6.07) is 13.0. The number of benzene rings is 2. The summed E-state index contributed by atoms with van der Waals surface area (Å²) in [7, 11) is 1.71. The van der Waals surface area contributed by atoms with Crippen LogP contribution in [-0.2, 0) is 6.54 Å². The molecule has 0 aliphatic heterocycles. The topological polar surface area (TPSA) is 21.3 Å². The van der Waals surface area contributed by atoms with Gasteiger partial charge < -0.3 is 10.1 Å². The Bertz CT molecular complexity index is 605. The van der Waals surface area contributed by atoms with Gasteiger partial charge in [-0.1, -0.05) is 25.1 Å². The predicted octanol–water partition coefficient (Wildman–Crippen LogP) is 4.48. The Kier molecular flexibility index (Phi) is 5.40. The fourth-order valence-corrected chi connectivity index (χ4v) is 2.54. The van der Waals surface area contributed by atoms with Crippen LogP contribution < -0.4 is 10.1 Å². The molecule has 2 nitrogen and oxygen atoms in total. The van der Waals surface area contributed by atoms with Crippen LogP contribution in [0.25, 0.3) is 11.1 Å². The highest BCUT2D eigenvalue weighted by Gasteiger charge is 2.07. The molecule has 0 fully saturated rings. The van der Waals surface area contributed by atoms with E-state index in [9.17, 15) is 0 Å². The van der Waals surface area contributed by atoms with Crippen molar-refractivity contribution in [3.05, 3.63) is 53.1 Å². The van der Waals surface area contributed by atoms with Crippen molar-refractivity contribution in [2.24, 2.45) is 0 Å². The van der Waals surface area contributed by atoms with Crippen LogP contribution in [0.3, 0.4) is 0 Å². The lowest BCUT2D eigenvalue weighted by atomic mass is 9.94. The average molecular weight is 283 g/mol. The Morgan fingerprint density at radius 2 is 1.76 bits per heavy atom. The molecular weight excluding hydrogens is 258 g/mol. The summed E-state index contributed by atoms with van der Waals surface area (Å²) in [6.07, 6.45) is 1.16. The van der Waals surface area contributed by atoms with E-state index in [4.69, 9.17) is 4.74 Å². The van der Waals surface area contributed by atoms with E-state index in [-0.39, 0.29) is 0 Å². The zero-order valence-corrected chi connectivity index (χ0v) is 13.5. The molecule has 2 heteroatoms. The van der Waals surface area contributed by atoms with Crippen LogP contribution in [0.2, 0.25) is 0 Å². The molecule has 2 rings (SSSR count). The molecule has 0 spiro atoms. The predicted molar refractivity (Wildman–Crippen MR) is 89.9 cm³/mol. The van der Waals surface area contributed by atoms with E-state index in [0.717, 1.165) is 25.3 Å². The molecule has 0 aliphatic rings. The monoisotopic (exact) mass is 283 g/mol. The van der Waals surface area contributed by atoms with Crippen LogP contribution in [0.5, 0.6) is 5.75 Å². The maximum atomic E-state index is 5.30. The maximum Gasteiger partial charge on any atom is 0.119 e. The smallest absolute Gasteiger partial charge is 0.119 e. The third-order valence-electron chi connectivity index (χ3n) is 3.78. The van der Waals surface area contributed by atoms with Crippen molar-refractivity contribution in [2.75, 3.05) is 13.7 Å². The SMILES string of the molecule is CCCNCc1ccc(C)c(-c2ccc(OC)cc2C)c1. The fraction of sp³-hybridized carbons (Fsp3) is 0.368. The number of ether oxygens (including phenoxy) is 1. The third-order valence-corrected chi connectivity index (χ3v) is 3.78. The van der Waals surface area contributed by atoms with E-state index in [0.29, 0.717) is 0 Å². The molecule has 0 aromatic heterocycles. The first-order chi connectivity index (χ1) is 10.2. The van der Waals surface area contributed by atoms with Crippen LogP contribution in [0.4, 0.5) is 0 Å². The van der Waals surface area contributed by atoms with Crippen molar-refractivity contribution in [2.45, 2.75) is 33.7 Å². The molecule has 2 aromatic rings. The second-order valence-electron chi connectivity index (χ2n) is 5.51. The minimum atomic E-state index is 0.912. The van der Waals surface area contributed by atoms with Crippen LogP contribution in [0, 0.1) is 13.8 Å². The van der Waals surface area contributed by atoms with Gasteiger partial charge in [-0.05, 0) is 72.8 Å². The van der Waals surface area contributed by atoms with Gasteiger partial charge in [0.25, 0.3) is 0 Å². The van der Waals surface area contributed by atoms with Gasteiger partial charge in [-0.2, -0.15) is 0 Å². The van der Waals surface area contributed by atoms with Gasteiger partial charge >= 0.3 is 0 Å². The zero-order valence-electron chi connectivity index (χ0n) is 13.5. The molecule has 0 bridgehead atoms. The molecule has 0 unspecified atom stereocenters. The zero-order chi connectivity index (χ0) is 15.2. The Balaban J connectivity index is 2.32. The normalized spacial score (nSPS) is 10.7. The van der Waals surface area contributed by atoms with Crippen molar-refractivity contribution in [3.63, 3.8) is 0 Å². The lowest BCUT2D eigenvalue weighted by Crippen LogP contribution is -2.13. The van der Waals surface area contributed by atoms with E-state index in [1.807, 2.05) is 6.07 Å². The standard InChI is InChI=1S/C19H25NO/c1-5-10-20-13-16-7-6-14(2)19(12-16)18-9-8-17(21-4)11-15(18)3/h6-9,11-12,20H,5,10,13H2,1-4H3. The number of hydrogen-bond donors (Lipinski definition) is 1. The van der Waals surface area contributed by atoms with Gasteiger partial charge in [-0.25, -0.2) is 0 Å². The molecule has 0 heterocycles. The van der Waals surface area contributed by atoms with E-state index in [1.54, 1.807) is 7.11 Å². The first-order valence-electron chi connectivity index (χ1n) is 7.61. The molecular formula is C19H25NO. The molecule has 0 saturated carbocycles. The van der Waals surface area contributed by atoms with E-state index < -0.39 is 0 Å². The summed E-state index contributed by atoms with van der Waals surface area (Å²) in [4.78, 5) is 0. The van der Waals surface area contributed by atoms with Gasteiger partial charge in [0, 0.05) is 6.54 Å². The van der Waals surface area contributed by atoms with Crippen LogP contribution in [0.15, 0.2) is 36.4 Å². The Morgan fingerprint density at radius 1 is 0.952 bits per heavy atom. The fourth-order valence-electron chi connectivity index (χ4n) is 2.54. The lowest BCUT2D eigenvalue weighted by molar-refractivity contribution is 0.414. The van der Waals surface area contributed by atoms with Gasteiger partial charge in [-0.15, -0.1) is 0 Å². The first kappa shape index (κ1) is 15.6. The van der Waals surface area contributed by atoms with E-state index >= 15 is 0 Å². The Labute approximate surface area is 128 Å². The van der Waals surface area contributed by atoms with Gasteiger partial charge in [0.1, 0.15) is 5.75 Å². The molecule has 112 valence electrons. The van der Waals surface area contributed by atoms with E-state index in [2.05, 4.69) is 56.4 Å². The van der Waals surface area contributed by atoms with Crippen LogP contribution in [0.1, 0.15) is 30.0 Å². The summed E-state index contributed by atoms with van der Waals surface area (Å²) in [5.74, 6) is 0.912. The summed E-state index contributed by atoms with van der Waals surface area (Å²) in [5, 5.41) is 3.46. The molecule has 0 aliphatic carbocycles. The number of hydrogen-bond acceptors (Lipinski definition) is 2. The Hall–Kier alpha value is -1.80. The summed E-state index contributed by atoms with van der Waals surface area (Å²) in [6.45, 7) is 8.48. The number of aryl methyl sites for hydroxylation is 2. The van der Waals surface area contributed by atoms with Crippen LogP contribution in [-0.4, -0.2) is 13.7 Å². The van der Waals surface area contributed by atoms with Crippen molar-refractivity contribution < 1.29 is 4.74 Å². The molecule has 0 saturated heterocycles. The molecule has 0 amide bonds. The highest BCUT2D eigenvalue weighted by Crippen LogP contribution is 2.30. The minimum absolute atomic E-state index is 0.912. The first-order valence-corrected chi connectivity index (χ1v) is 7.61. The molecule has 21 heavy (non-hydrogen) atoms. The molecule has 1 N–H and O–H groups in total. The third kappa shape index (κ3) is 3.85. The largest absolute Gasteiger partial charge is 0.497 e. The van der Waals surface area contributed by atoms with Crippen molar-refractivity contribution in [1.29, 1.82) is 0 Å². The summed E-state index contributed by atoms with van der Waals surface area (Å²) >= 11 is 0. The van der Waals surface area contributed by atoms with E-state index in [1.165, 1.54) is 27.8 Å². The number of rotatable bonds is 6. The van der Waals surface area contributed by atoms with Gasteiger partial charge in [0.2, 0.25) is 0 Å². The number of nitrogens with one attached hydrogen (secondary N) is 1. The minimum Gasteiger partial charge on any atom is -0.497 e. The van der Waals surface area contributed by atoms with Crippen LogP contribution >= 0.6 is 0 Å². The second kappa shape index (κ2) is 7.28. The quantitative estimate of drug-likeness (QED) is 0.789. The maximum absolute atomic E-state index is 5.30. The molecule has 0 radical (unpaired) electrons. The van der Waals surface area contributed by atoms with Crippen molar-refractivity contribution in [3.8, 4) is 16.9 Å².